The average molecular weight is 413 g/mol. The summed E-state index contributed by atoms with van der Waals surface area (Å²) in [5.74, 6) is 0.749. The number of nitrogens with zero attached hydrogens (tertiary/aromatic N) is 2. The van der Waals surface area contributed by atoms with Gasteiger partial charge in [-0.1, -0.05) is 23.9 Å². The molecule has 0 saturated carbocycles. The van der Waals surface area contributed by atoms with Gasteiger partial charge in [0.15, 0.2) is 11.5 Å². The Hall–Kier alpha value is -3.53. The molecule has 1 N–H and O–H groups in total. The molecule has 0 atom stereocenters. The Morgan fingerprint density at radius 1 is 1.14 bits per heavy atom. The zero-order valence-electron chi connectivity index (χ0n) is 15.2. The van der Waals surface area contributed by atoms with E-state index in [4.69, 9.17) is 18.6 Å². The highest BCUT2D eigenvalue weighted by molar-refractivity contribution is 7.99. The van der Waals surface area contributed by atoms with Gasteiger partial charge in [0.25, 0.3) is 5.22 Å². The number of hydrogen-bond donors (Lipinski definition) is 1. The molecule has 2 heterocycles. The molecule has 2 aromatic carbocycles. The summed E-state index contributed by atoms with van der Waals surface area (Å²) in [7, 11) is 1.28. The van der Waals surface area contributed by atoms with Crippen LogP contribution in [-0.2, 0) is 9.53 Å². The lowest BCUT2D eigenvalue weighted by atomic mass is 10.2. The molecule has 1 aliphatic heterocycles. The summed E-state index contributed by atoms with van der Waals surface area (Å²) in [6.45, 7) is 0.179. The van der Waals surface area contributed by atoms with Crippen molar-refractivity contribution < 1.29 is 28.2 Å². The summed E-state index contributed by atoms with van der Waals surface area (Å²) in [5.41, 5.74) is 1.33. The number of anilines is 1. The van der Waals surface area contributed by atoms with Gasteiger partial charge in [-0.2, -0.15) is 0 Å². The molecule has 0 aliphatic carbocycles. The van der Waals surface area contributed by atoms with Gasteiger partial charge in [0, 0.05) is 5.56 Å². The van der Waals surface area contributed by atoms with Gasteiger partial charge >= 0.3 is 5.97 Å². The van der Waals surface area contributed by atoms with Crippen LogP contribution in [0.15, 0.2) is 52.1 Å². The standard InChI is InChI=1S/C19H15N3O6S/c1-25-18(24)12-4-2-3-5-13(12)20-16(23)9-29-19-22-21-17(28-19)11-6-7-14-15(8-11)27-10-26-14/h2-8H,9-10H2,1H3,(H,20,23). The Morgan fingerprint density at radius 2 is 1.97 bits per heavy atom. The first kappa shape index (κ1) is 18.8. The predicted molar refractivity (Wildman–Crippen MR) is 103 cm³/mol. The van der Waals surface area contributed by atoms with Crippen LogP contribution in [0, 0.1) is 0 Å². The first-order chi connectivity index (χ1) is 14.1. The maximum Gasteiger partial charge on any atom is 0.339 e. The molecule has 1 aliphatic rings. The number of carbonyl (C=O) groups is 2. The fraction of sp³-hybridized carbons (Fsp3) is 0.158. The highest BCUT2D eigenvalue weighted by Gasteiger charge is 2.18. The SMILES string of the molecule is COC(=O)c1ccccc1NC(=O)CSc1nnc(-c2ccc3c(c2)OCO3)o1. The molecule has 1 aromatic heterocycles. The van der Waals surface area contributed by atoms with Crippen LogP contribution >= 0.6 is 11.8 Å². The number of hydrogen-bond acceptors (Lipinski definition) is 9. The van der Waals surface area contributed by atoms with E-state index in [1.807, 2.05) is 0 Å². The minimum atomic E-state index is -0.529. The molecule has 29 heavy (non-hydrogen) atoms. The van der Waals surface area contributed by atoms with Gasteiger partial charge in [-0.15, -0.1) is 10.2 Å². The Labute approximate surface area is 169 Å². The molecule has 0 spiro atoms. The molecule has 0 unspecified atom stereocenters. The highest BCUT2D eigenvalue weighted by Crippen LogP contribution is 2.36. The maximum atomic E-state index is 12.2. The van der Waals surface area contributed by atoms with E-state index < -0.39 is 5.97 Å². The second-order valence-corrected chi connectivity index (χ2v) is 6.74. The van der Waals surface area contributed by atoms with Crippen molar-refractivity contribution in [3.05, 3.63) is 48.0 Å². The number of amides is 1. The number of thioether (sulfide) groups is 1. The summed E-state index contributed by atoms with van der Waals surface area (Å²) < 4.78 is 20.9. The largest absolute Gasteiger partial charge is 0.465 e. The number of benzene rings is 2. The van der Waals surface area contributed by atoms with Crippen molar-refractivity contribution in [2.75, 3.05) is 25.0 Å². The van der Waals surface area contributed by atoms with Gasteiger partial charge in [0.2, 0.25) is 18.6 Å². The van der Waals surface area contributed by atoms with E-state index in [0.29, 0.717) is 28.6 Å². The lowest BCUT2D eigenvalue weighted by molar-refractivity contribution is -0.113. The molecular formula is C19H15N3O6S. The third-order valence-corrected chi connectivity index (χ3v) is 4.78. The van der Waals surface area contributed by atoms with Crippen molar-refractivity contribution in [2.24, 2.45) is 0 Å². The second kappa shape index (κ2) is 8.23. The number of nitrogens with one attached hydrogen (secondary N) is 1. The number of aromatic nitrogens is 2. The Balaban J connectivity index is 1.38. The minimum Gasteiger partial charge on any atom is -0.465 e. The van der Waals surface area contributed by atoms with E-state index in [-0.39, 0.29) is 29.2 Å². The lowest BCUT2D eigenvalue weighted by Gasteiger charge is -2.08. The van der Waals surface area contributed by atoms with Crippen molar-refractivity contribution in [3.8, 4) is 23.0 Å². The predicted octanol–water partition coefficient (Wildman–Crippen LogP) is 2.98. The fourth-order valence-corrected chi connectivity index (χ4v) is 3.17. The quantitative estimate of drug-likeness (QED) is 0.481. The topological polar surface area (TPSA) is 113 Å². The number of esters is 1. The van der Waals surface area contributed by atoms with Crippen molar-refractivity contribution in [1.29, 1.82) is 0 Å². The first-order valence-electron chi connectivity index (χ1n) is 8.47. The van der Waals surface area contributed by atoms with Gasteiger partial charge < -0.3 is 23.9 Å². The maximum absolute atomic E-state index is 12.2. The fourth-order valence-electron chi connectivity index (χ4n) is 2.61. The monoisotopic (exact) mass is 413 g/mol. The van der Waals surface area contributed by atoms with E-state index in [9.17, 15) is 9.59 Å². The Kier molecular flexibility index (Phi) is 5.34. The number of rotatable bonds is 6. The normalized spacial score (nSPS) is 11.9. The molecule has 0 radical (unpaired) electrons. The number of methoxy groups -OCH3 is 1. The Morgan fingerprint density at radius 3 is 2.83 bits per heavy atom. The van der Waals surface area contributed by atoms with Crippen LogP contribution in [0.25, 0.3) is 11.5 Å². The molecule has 0 fully saturated rings. The van der Waals surface area contributed by atoms with E-state index >= 15 is 0 Å². The molecule has 4 rings (SSSR count). The van der Waals surface area contributed by atoms with Crippen molar-refractivity contribution in [3.63, 3.8) is 0 Å². The van der Waals surface area contributed by atoms with Gasteiger partial charge in [-0.25, -0.2) is 4.79 Å². The summed E-state index contributed by atoms with van der Waals surface area (Å²) in [6.07, 6.45) is 0. The molecule has 148 valence electrons. The molecule has 9 nitrogen and oxygen atoms in total. The number of ether oxygens (including phenoxy) is 3. The third-order valence-electron chi connectivity index (χ3n) is 3.96. The van der Waals surface area contributed by atoms with Crippen molar-refractivity contribution in [1.82, 2.24) is 10.2 Å². The lowest BCUT2D eigenvalue weighted by Crippen LogP contribution is -2.17. The van der Waals surface area contributed by atoms with Crippen molar-refractivity contribution >= 4 is 29.3 Å². The number of para-hydroxylation sites is 1. The van der Waals surface area contributed by atoms with Crippen LogP contribution in [0.4, 0.5) is 5.69 Å². The highest BCUT2D eigenvalue weighted by atomic mass is 32.2. The Bertz CT molecular complexity index is 1070. The number of carbonyl (C=O) groups excluding carboxylic acids is 2. The van der Waals surface area contributed by atoms with Crippen LogP contribution in [0.1, 0.15) is 10.4 Å². The molecule has 3 aromatic rings. The minimum absolute atomic E-state index is 0.0261. The summed E-state index contributed by atoms with van der Waals surface area (Å²) in [5, 5.41) is 10.9. The molecule has 0 saturated heterocycles. The zero-order valence-corrected chi connectivity index (χ0v) is 16.0. The van der Waals surface area contributed by atoms with Gasteiger partial charge in [0.05, 0.1) is 24.1 Å². The van der Waals surface area contributed by atoms with Crippen LogP contribution in [0.2, 0.25) is 0 Å². The smallest absolute Gasteiger partial charge is 0.339 e. The van der Waals surface area contributed by atoms with Crippen LogP contribution < -0.4 is 14.8 Å². The summed E-state index contributed by atoms with van der Waals surface area (Å²) >= 11 is 1.08. The number of fused-ring (bicyclic) bond motifs is 1. The van der Waals surface area contributed by atoms with E-state index in [0.717, 1.165) is 11.8 Å². The van der Waals surface area contributed by atoms with E-state index in [1.54, 1.807) is 42.5 Å². The molecule has 0 bridgehead atoms. The summed E-state index contributed by atoms with van der Waals surface area (Å²) in [6, 6.07) is 11.9. The van der Waals surface area contributed by atoms with Gasteiger partial charge in [-0.3, -0.25) is 4.79 Å². The van der Waals surface area contributed by atoms with Gasteiger partial charge in [-0.05, 0) is 30.3 Å². The molecular weight excluding hydrogens is 398 g/mol. The molecule has 1 amide bonds. The van der Waals surface area contributed by atoms with Crippen LogP contribution in [-0.4, -0.2) is 41.7 Å². The average Bonchev–Trinajstić information content (AvgIpc) is 3.41. The van der Waals surface area contributed by atoms with Crippen LogP contribution in [0.3, 0.4) is 0 Å². The van der Waals surface area contributed by atoms with E-state index in [1.165, 1.54) is 7.11 Å². The van der Waals surface area contributed by atoms with Gasteiger partial charge in [0.1, 0.15) is 0 Å². The second-order valence-electron chi connectivity index (χ2n) is 5.82. The first-order valence-corrected chi connectivity index (χ1v) is 9.46. The zero-order chi connectivity index (χ0) is 20.2. The van der Waals surface area contributed by atoms with Crippen molar-refractivity contribution in [2.45, 2.75) is 5.22 Å². The van der Waals surface area contributed by atoms with E-state index in [2.05, 4.69) is 15.5 Å². The molecule has 10 heteroatoms. The van der Waals surface area contributed by atoms with Crippen LogP contribution in [0.5, 0.6) is 11.5 Å². The summed E-state index contributed by atoms with van der Waals surface area (Å²) in [4.78, 5) is 24.0. The third kappa shape index (κ3) is 4.16.